The summed E-state index contributed by atoms with van der Waals surface area (Å²) in [4.78, 5) is 12.4. The molecule has 4 nitrogen and oxygen atoms in total. The third kappa shape index (κ3) is 2.43. The molecule has 1 heterocycles. The molecule has 0 aliphatic heterocycles. The monoisotopic (exact) mass is 330 g/mol. The molecule has 0 amide bonds. The van der Waals surface area contributed by atoms with Crippen molar-refractivity contribution in [3.05, 3.63) is 72.4 Å². The van der Waals surface area contributed by atoms with Crippen molar-refractivity contribution in [2.24, 2.45) is 7.05 Å². The molecule has 1 N–H and O–H groups in total. The highest BCUT2D eigenvalue weighted by atomic mass is 16.5. The number of hydrogen-bond donors (Lipinski definition) is 1. The fourth-order valence-electron chi connectivity index (χ4n) is 3.32. The Morgan fingerprint density at radius 3 is 2.40 bits per heavy atom. The maximum absolute atomic E-state index is 12.4. The fraction of sp³-hybridized carbons (Fsp3) is 0.0952. The molecular weight excluding hydrogens is 312 g/mol. The smallest absolute Gasteiger partial charge is 0.356 e. The maximum atomic E-state index is 12.4. The lowest BCUT2D eigenvalue weighted by atomic mass is 10.1. The average Bonchev–Trinajstić information content (AvgIpc) is 2.94. The van der Waals surface area contributed by atoms with Crippen LogP contribution in [0.2, 0.25) is 0 Å². The number of carbonyl (C=O) groups excluding carboxylic acids is 1. The van der Waals surface area contributed by atoms with Gasteiger partial charge in [-0.2, -0.15) is 0 Å². The lowest BCUT2D eigenvalue weighted by Crippen LogP contribution is -2.10. The number of ether oxygens (including phenoxy) is 1. The van der Waals surface area contributed by atoms with E-state index in [0.29, 0.717) is 5.69 Å². The molecule has 4 heteroatoms. The molecule has 4 rings (SSSR count). The van der Waals surface area contributed by atoms with Crippen LogP contribution in [0.15, 0.2) is 66.7 Å². The molecule has 0 aliphatic rings. The normalized spacial score (nSPS) is 11.0. The van der Waals surface area contributed by atoms with Gasteiger partial charge < -0.3 is 14.6 Å². The van der Waals surface area contributed by atoms with E-state index in [1.54, 1.807) is 0 Å². The van der Waals surface area contributed by atoms with Crippen molar-refractivity contribution < 1.29 is 9.53 Å². The van der Waals surface area contributed by atoms with Crippen LogP contribution in [-0.2, 0) is 11.8 Å². The van der Waals surface area contributed by atoms with Gasteiger partial charge >= 0.3 is 5.97 Å². The van der Waals surface area contributed by atoms with Gasteiger partial charge in [-0.15, -0.1) is 0 Å². The molecule has 0 aliphatic carbocycles. The summed E-state index contributed by atoms with van der Waals surface area (Å²) in [6, 6.07) is 22.2. The van der Waals surface area contributed by atoms with Crippen LogP contribution in [0, 0.1) is 0 Å². The van der Waals surface area contributed by atoms with Gasteiger partial charge in [0.15, 0.2) is 5.69 Å². The topological polar surface area (TPSA) is 43.3 Å². The van der Waals surface area contributed by atoms with Crippen LogP contribution < -0.4 is 5.32 Å². The first-order chi connectivity index (χ1) is 12.2. The molecular formula is C21H18N2O2. The zero-order valence-corrected chi connectivity index (χ0v) is 14.1. The SMILES string of the molecule is COC(=O)c1c(Nc2cccc3ccccc23)c2ccccc2n1C. The Morgan fingerprint density at radius 2 is 1.60 bits per heavy atom. The summed E-state index contributed by atoms with van der Waals surface area (Å²) in [5.74, 6) is -0.360. The predicted molar refractivity (Wildman–Crippen MR) is 101 cm³/mol. The van der Waals surface area contributed by atoms with Crippen molar-refractivity contribution in [3.8, 4) is 0 Å². The zero-order chi connectivity index (χ0) is 17.4. The van der Waals surface area contributed by atoms with E-state index < -0.39 is 0 Å². The second-order valence-electron chi connectivity index (χ2n) is 5.94. The van der Waals surface area contributed by atoms with Crippen LogP contribution in [0.3, 0.4) is 0 Å². The molecule has 0 saturated heterocycles. The average molecular weight is 330 g/mol. The van der Waals surface area contributed by atoms with Gasteiger partial charge in [0.2, 0.25) is 0 Å². The molecule has 0 fully saturated rings. The fourth-order valence-corrected chi connectivity index (χ4v) is 3.32. The number of esters is 1. The van der Waals surface area contributed by atoms with E-state index in [-0.39, 0.29) is 5.97 Å². The molecule has 0 radical (unpaired) electrons. The number of fused-ring (bicyclic) bond motifs is 2. The third-order valence-electron chi connectivity index (χ3n) is 4.54. The molecule has 0 unspecified atom stereocenters. The van der Waals surface area contributed by atoms with Gasteiger partial charge in [-0.3, -0.25) is 0 Å². The van der Waals surface area contributed by atoms with Crippen molar-refractivity contribution in [1.82, 2.24) is 4.57 Å². The number of anilines is 2. The van der Waals surface area contributed by atoms with E-state index in [2.05, 4.69) is 23.5 Å². The molecule has 25 heavy (non-hydrogen) atoms. The van der Waals surface area contributed by atoms with Gasteiger partial charge in [-0.1, -0.05) is 54.6 Å². The number of rotatable bonds is 3. The van der Waals surface area contributed by atoms with Crippen molar-refractivity contribution in [3.63, 3.8) is 0 Å². The molecule has 124 valence electrons. The lowest BCUT2D eigenvalue weighted by Gasteiger charge is -2.11. The van der Waals surface area contributed by atoms with Gasteiger partial charge in [-0.05, 0) is 17.5 Å². The number of benzene rings is 3. The summed E-state index contributed by atoms with van der Waals surface area (Å²) < 4.78 is 6.88. The summed E-state index contributed by atoms with van der Waals surface area (Å²) >= 11 is 0. The van der Waals surface area contributed by atoms with Crippen LogP contribution in [-0.4, -0.2) is 17.6 Å². The van der Waals surface area contributed by atoms with Crippen LogP contribution in [0.25, 0.3) is 21.7 Å². The number of para-hydroxylation sites is 1. The molecule has 0 saturated carbocycles. The molecule has 3 aromatic carbocycles. The largest absolute Gasteiger partial charge is 0.464 e. The Morgan fingerprint density at radius 1 is 0.920 bits per heavy atom. The summed E-state index contributed by atoms with van der Waals surface area (Å²) in [5, 5.41) is 6.71. The Bertz CT molecular complexity index is 1090. The highest BCUT2D eigenvalue weighted by Crippen LogP contribution is 2.35. The summed E-state index contributed by atoms with van der Waals surface area (Å²) in [6.07, 6.45) is 0. The summed E-state index contributed by atoms with van der Waals surface area (Å²) in [5.41, 5.74) is 3.21. The Labute approximate surface area is 145 Å². The van der Waals surface area contributed by atoms with Gasteiger partial charge in [0.25, 0.3) is 0 Å². The van der Waals surface area contributed by atoms with Crippen molar-refractivity contribution in [1.29, 1.82) is 0 Å². The third-order valence-corrected chi connectivity index (χ3v) is 4.54. The zero-order valence-electron chi connectivity index (χ0n) is 14.1. The standard InChI is InChI=1S/C21H18N2O2/c1-23-18-13-6-5-11-16(18)19(20(23)21(24)25-2)22-17-12-7-9-14-8-3-4-10-15(14)17/h3-13,22H,1-2H3. The quantitative estimate of drug-likeness (QED) is 0.545. The number of hydrogen-bond acceptors (Lipinski definition) is 3. The Balaban J connectivity index is 1.96. The van der Waals surface area contributed by atoms with E-state index >= 15 is 0 Å². The first-order valence-corrected chi connectivity index (χ1v) is 8.11. The number of nitrogens with one attached hydrogen (secondary N) is 1. The van der Waals surface area contributed by atoms with Gasteiger partial charge in [0.1, 0.15) is 0 Å². The summed E-state index contributed by atoms with van der Waals surface area (Å²) in [6.45, 7) is 0. The van der Waals surface area contributed by atoms with Gasteiger partial charge in [-0.25, -0.2) is 4.79 Å². The Hall–Kier alpha value is -3.27. The second-order valence-corrected chi connectivity index (χ2v) is 5.94. The Kier molecular flexibility index (Phi) is 3.65. The highest BCUT2D eigenvalue weighted by molar-refractivity contribution is 6.09. The van der Waals surface area contributed by atoms with Gasteiger partial charge in [0, 0.05) is 23.5 Å². The number of carbonyl (C=O) groups is 1. The second kappa shape index (κ2) is 5.98. The van der Waals surface area contributed by atoms with Crippen molar-refractivity contribution in [2.75, 3.05) is 12.4 Å². The molecule has 1 aromatic heterocycles. The number of nitrogens with zero attached hydrogens (tertiary/aromatic N) is 1. The number of aryl methyl sites for hydroxylation is 1. The van der Waals surface area contributed by atoms with Crippen LogP contribution >= 0.6 is 0 Å². The van der Waals surface area contributed by atoms with E-state index in [1.807, 2.05) is 60.1 Å². The molecule has 0 bridgehead atoms. The lowest BCUT2D eigenvalue weighted by molar-refractivity contribution is 0.0591. The first-order valence-electron chi connectivity index (χ1n) is 8.11. The van der Waals surface area contributed by atoms with Crippen LogP contribution in [0.4, 0.5) is 11.4 Å². The number of aromatic nitrogens is 1. The summed E-state index contributed by atoms with van der Waals surface area (Å²) in [7, 11) is 3.28. The minimum absolute atomic E-state index is 0.360. The number of methoxy groups -OCH3 is 1. The van der Waals surface area contributed by atoms with E-state index in [9.17, 15) is 4.79 Å². The van der Waals surface area contributed by atoms with Gasteiger partial charge in [0.05, 0.1) is 18.3 Å². The molecule has 0 atom stereocenters. The van der Waals surface area contributed by atoms with Crippen LogP contribution in [0.5, 0.6) is 0 Å². The molecule has 0 spiro atoms. The minimum Gasteiger partial charge on any atom is -0.464 e. The van der Waals surface area contributed by atoms with Crippen molar-refractivity contribution >= 4 is 39.0 Å². The van der Waals surface area contributed by atoms with E-state index in [0.717, 1.165) is 33.1 Å². The van der Waals surface area contributed by atoms with E-state index in [1.165, 1.54) is 7.11 Å². The predicted octanol–water partition coefficient (Wildman–Crippen LogP) is 4.86. The van der Waals surface area contributed by atoms with Crippen molar-refractivity contribution in [2.45, 2.75) is 0 Å². The van der Waals surface area contributed by atoms with E-state index in [4.69, 9.17) is 4.74 Å². The highest BCUT2D eigenvalue weighted by Gasteiger charge is 2.22. The maximum Gasteiger partial charge on any atom is 0.356 e. The minimum atomic E-state index is -0.360. The van der Waals surface area contributed by atoms with Crippen LogP contribution in [0.1, 0.15) is 10.5 Å². The first kappa shape index (κ1) is 15.3. The molecule has 4 aromatic rings.